The van der Waals surface area contributed by atoms with E-state index in [2.05, 4.69) is 15.1 Å². The number of rotatable bonds is 3. The van der Waals surface area contributed by atoms with Gasteiger partial charge in [0.2, 0.25) is 5.78 Å². The summed E-state index contributed by atoms with van der Waals surface area (Å²) < 4.78 is 9.01. The van der Waals surface area contributed by atoms with Crippen molar-refractivity contribution >= 4 is 11.9 Å². The van der Waals surface area contributed by atoms with Crippen LogP contribution in [0.5, 0.6) is 0 Å². The van der Waals surface area contributed by atoms with Crippen molar-refractivity contribution in [3.8, 4) is 11.1 Å². The topological polar surface area (TPSA) is 94.6 Å². The molecule has 0 spiro atoms. The predicted octanol–water partition coefficient (Wildman–Crippen LogP) is 2.91. The van der Waals surface area contributed by atoms with Gasteiger partial charge < -0.3 is 14.2 Å². The summed E-state index contributed by atoms with van der Waals surface area (Å²) in [6, 6.07) is 3.89. The summed E-state index contributed by atoms with van der Waals surface area (Å²) in [5, 5.41) is 4.33. The molecule has 2 aliphatic rings. The lowest BCUT2D eigenvalue weighted by Crippen LogP contribution is -2.43. The third kappa shape index (κ3) is 3.65. The highest BCUT2D eigenvalue weighted by Crippen LogP contribution is 2.43. The molecular formula is C23H28N6O3. The maximum atomic E-state index is 13.1. The number of aryl methyl sites for hydroxylation is 1. The average molecular weight is 437 g/mol. The Labute approximate surface area is 186 Å². The van der Waals surface area contributed by atoms with Crippen molar-refractivity contribution in [2.75, 3.05) is 6.54 Å². The summed E-state index contributed by atoms with van der Waals surface area (Å²) in [6.07, 6.45) is 6.93. The van der Waals surface area contributed by atoms with E-state index in [4.69, 9.17) is 4.74 Å². The molecule has 1 saturated heterocycles. The van der Waals surface area contributed by atoms with E-state index >= 15 is 0 Å². The summed E-state index contributed by atoms with van der Waals surface area (Å²) in [6.45, 7) is 8.90. The molecule has 1 aliphatic heterocycles. The maximum Gasteiger partial charge on any atom is 0.410 e. The molecule has 2 fully saturated rings. The third-order valence-electron chi connectivity index (χ3n) is 6.38. The first-order valence-electron chi connectivity index (χ1n) is 11.1. The Morgan fingerprint density at radius 3 is 2.75 bits per heavy atom. The lowest BCUT2D eigenvalue weighted by Gasteiger charge is -2.33. The number of carbonyl (C=O) groups excluding carboxylic acids is 1. The number of ether oxygens (including phenoxy) is 1. The Bertz CT molecular complexity index is 1230. The Morgan fingerprint density at radius 1 is 1.28 bits per heavy atom. The van der Waals surface area contributed by atoms with Crippen molar-refractivity contribution in [2.24, 2.45) is 11.8 Å². The molecule has 9 nitrogen and oxygen atoms in total. The molecule has 3 aromatic rings. The van der Waals surface area contributed by atoms with E-state index in [1.807, 2.05) is 48.6 Å². The van der Waals surface area contributed by atoms with Crippen LogP contribution < -0.4 is 5.56 Å². The van der Waals surface area contributed by atoms with E-state index in [9.17, 15) is 9.59 Å². The first-order valence-corrected chi connectivity index (χ1v) is 11.1. The fraction of sp³-hybridized carbons (Fsp3) is 0.522. The van der Waals surface area contributed by atoms with E-state index in [1.54, 1.807) is 19.3 Å². The average Bonchev–Trinajstić information content (AvgIpc) is 3.43. The van der Waals surface area contributed by atoms with Gasteiger partial charge in [0.1, 0.15) is 11.4 Å². The van der Waals surface area contributed by atoms with Crippen molar-refractivity contribution < 1.29 is 9.53 Å². The fourth-order valence-corrected chi connectivity index (χ4v) is 5.04. The van der Waals surface area contributed by atoms with E-state index in [0.717, 1.165) is 24.9 Å². The molecule has 0 radical (unpaired) electrons. The van der Waals surface area contributed by atoms with Crippen molar-refractivity contribution in [3.63, 3.8) is 0 Å². The molecule has 32 heavy (non-hydrogen) atoms. The molecule has 1 amide bonds. The standard InChI is InChI=1S/C23H28N6O3/c1-14-25-21-27(13-19(20(30)29(21)26-14)15-6-5-7-24-10-15)11-16-8-18-9-17(16)12-28(18)22(31)32-23(2,3)4/h5-7,10,13,16-18H,8-9,11-12H2,1-4H3/t16-,17-,18+/m1/s1. The third-order valence-corrected chi connectivity index (χ3v) is 6.38. The molecule has 3 aromatic heterocycles. The van der Waals surface area contributed by atoms with E-state index in [0.29, 0.717) is 35.5 Å². The van der Waals surface area contributed by atoms with E-state index < -0.39 is 5.60 Å². The van der Waals surface area contributed by atoms with Crippen LogP contribution in [0.3, 0.4) is 0 Å². The highest BCUT2D eigenvalue weighted by molar-refractivity contribution is 5.69. The van der Waals surface area contributed by atoms with Gasteiger partial charge in [-0.05, 0) is 58.4 Å². The summed E-state index contributed by atoms with van der Waals surface area (Å²) >= 11 is 0. The van der Waals surface area contributed by atoms with Gasteiger partial charge in [-0.3, -0.25) is 9.78 Å². The van der Waals surface area contributed by atoms with Gasteiger partial charge in [-0.2, -0.15) is 9.50 Å². The van der Waals surface area contributed by atoms with Crippen LogP contribution in [0, 0.1) is 18.8 Å². The van der Waals surface area contributed by atoms with E-state index in [1.165, 1.54) is 4.52 Å². The second kappa shape index (κ2) is 7.43. The van der Waals surface area contributed by atoms with Crippen LogP contribution in [0.25, 0.3) is 16.9 Å². The van der Waals surface area contributed by atoms with Crippen molar-refractivity contribution in [2.45, 2.75) is 58.7 Å². The number of pyridine rings is 1. The Hall–Kier alpha value is -3.23. The number of hydrogen-bond donors (Lipinski definition) is 0. The van der Waals surface area contributed by atoms with Gasteiger partial charge in [-0.1, -0.05) is 6.07 Å². The lowest BCUT2D eigenvalue weighted by atomic mass is 9.94. The summed E-state index contributed by atoms with van der Waals surface area (Å²) in [7, 11) is 0. The molecule has 0 aromatic carbocycles. The highest BCUT2D eigenvalue weighted by Gasteiger charge is 2.47. The molecule has 1 saturated carbocycles. The van der Waals surface area contributed by atoms with Gasteiger partial charge in [-0.25, -0.2) is 4.79 Å². The SMILES string of the molecule is Cc1nc2n(C[C@H]3C[C@H]4C[C@@H]3CN4C(=O)OC(C)(C)C)cc(-c3cccnc3)c(=O)n2n1. The number of fused-ring (bicyclic) bond motifs is 3. The minimum absolute atomic E-state index is 0.200. The van der Waals surface area contributed by atoms with Crippen LogP contribution >= 0.6 is 0 Å². The van der Waals surface area contributed by atoms with Crippen molar-refractivity contribution in [3.05, 3.63) is 46.9 Å². The van der Waals surface area contributed by atoms with Crippen molar-refractivity contribution in [1.29, 1.82) is 0 Å². The summed E-state index contributed by atoms with van der Waals surface area (Å²) in [5.41, 5.74) is 0.613. The Balaban J connectivity index is 1.42. The number of aromatic nitrogens is 5. The normalized spacial score (nSPS) is 22.6. The van der Waals surface area contributed by atoms with Gasteiger partial charge in [0.25, 0.3) is 5.56 Å². The number of amides is 1. The van der Waals surface area contributed by atoms with Crippen LogP contribution in [-0.4, -0.2) is 53.3 Å². The fourth-order valence-electron chi connectivity index (χ4n) is 5.04. The molecular weight excluding hydrogens is 408 g/mol. The first-order chi connectivity index (χ1) is 15.2. The largest absolute Gasteiger partial charge is 0.444 e. The highest BCUT2D eigenvalue weighted by atomic mass is 16.6. The predicted molar refractivity (Wildman–Crippen MR) is 118 cm³/mol. The van der Waals surface area contributed by atoms with Crippen molar-refractivity contribution in [1.82, 2.24) is 29.0 Å². The second-order valence-corrected chi connectivity index (χ2v) is 9.89. The van der Waals surface area contributed by atoms with Crippen LogP contribution in [0.1, 0.15) is 39.4 Å². The number of carbonyl (C=O) groups is 1. The molecule has 5 rings (SSSR count). The van der Waals surface area contributed by atoms with Gasteiger partial charge in [0, 0.05) is 43.3 Å². The molecule has 168 valence electrons. The lowest BCUT2D eigenvalue weighted by molar-refractivity contribution is 0.0156. The molecule has 3 atom stereocenters. The number of piperidine rings is 1. The monoisotopic (exact) mass is 436 g/mol. The number of nitrogens with zero attached hydrogens (tertiary/aromatic N) is 6. The quantitative estimate of drug-likeness (QED) is 0.627. The second-order valence-electron chi connectivity index (χ2n) is 9.89. The van der Waals surface area contributed by atoms with E-state index in [-0.39, 0.29) is 17.7 Å². The molecule has 1 aliphatic carbocycles. The zero-order valence-electron chi connectivity index (χ0n) is 18.9. The smallest absolute Gasteiger partial charge is 0.410 e. The molecule has 2 bridgehead atoms. The van der Waals surface area contributed by atoms with Crippen LogP contribution in [0.2, 0.25) is 0 Å². The Kier molecular flexibility index (Phi) is 4.79. The van der Waals surface area contributed by atoms with Crippen LogP contribution in [-0.2, 0) is 11.3 Å². The minimum atomic E-state index is -0.492. The van der Waals surface area contributed by atoms with Gasteiger partial charge in [0.15, 0.2) is 0 Å². The zero-order chi connectivity index (χ0) is 22.6. The zero-order valence-corrected chi connectivity index (χ0v) is 18.9. The molecule has 9 heteroatoms. The Morgan fingerprint density at radius 2 is 2.09 bits per heavy atom. The molecule has 0 unspecified atom stereocenters. The van der Waals surface area contributed by atoms with Crippen LogP contribution in [0.15, 0.2) is 35.5 Å². The minimum Gasteiger partial charge on any atom is -0.444 e. The summed E-state index contributed by atoms with van der Waals surface area (Å²) in [5.74, 6) is 1.90. The maximum absolute atomic E-state index is 13.1. The first kappa shape index (κ1) is 20.7. The molecule has 4 heterocycles. The molecule has 0 N–H and O–H groups in total. The van der Waals surface area contributed by atoms with Gasteiger partial charge in [-0.15, -0.1) is 5.10 Å². The number of likely N-dealkylation sites (tertiary alicyclic amines) is 1. The number of hydrogen-bond acceptors (Lipinski definition) is 6. The van der Waals surface area contributed by atoms with Gasteiger partial charge in [0.05, 0.1) is 5.56 Å². The van der Waals surface area contributed by atoms with Crippen LogP contribution in [0.4, 0.5) is 4.79 Å². The summed E-state index contributed by atoms with van der Waals surface area (Å²) in [4.78, 5) is 36.2. The van der Waals surface area contributed by atoms with Gasteiger partial charge >= 0.3 is 6.09 Å².